The minimum atomic E-state index is -1.30. The molecule has 3 aromatic rings. The molecule has 0 fully saturated rings. The van der Waals surface area contributed by atoms with Gasteiger partial charge in [-0.2, -0.15) is 0 Å². The molecule has 3 aromatic carbocycles. The van der Waals surface area contributed by atoms with Crippen LogP contribution in [0.2, 0.25) is 0 Å². The van der Waals surface area contributed by atoms with Crippen molar-refractivity contribution in [3.05, 3.63) is 89.5 Å². The van der Waals surface area contributed by atoms with Gasteiger partial charge in [-0.3, -0.25) is 9.59 Å². The predicted molar refractivity (Wildman–Crippen MR) is 159 cm³/mol. The Morgan fingerprint density at radius 2 is 0.870 bits per heavy atom. The molecule has 0 spiro atoms. The molecule has 242 valence electrons. The van der Waals surface area contributed by atoms with E-state index in [1.807, 2.05) is 0 Å². The SMILES string of the molecule is CCC(COC(=O)c1ccccc1OC(C)=O)(COC(=O)c1ccccc1OC(C)=O)COC(=O)c1ccccc1OC(=O)OC. The summed E-state index contributed by atoms with van der Waals surface area (Å²) in [6.07, 6.45) is -0.886. The molecule has 0 N–H and O–H groups in total. The Balaban J connectivity index is 1.87. The molecule has 0 saturated carbocycles. The van der Waals surface area contributed by atoms with E-state index in [2.05, 4.69) is 4.74 Å². The van der Waals surface area contributed by atoms with Gasteiger partial charge in [0.1, 0.15) is 53.8 Å². The number of para-hydroxylation sites is 3. The topological polar surface area (TPSA) is 167 Å². The summed E-state index contributed by atoms with van der Waals surface area (Å²) in [4.78, 5) is 74.1. The van der Waals surface area contributed by atoms with Crippen LogP contribution in [-0.2, 0) is 28.5 Å². The molecule has 0 aliphatic heterocycles. The fourth-order valence-corrected chi connectivity index (χ4v) is 3.93. The van der Waals surface area contributed by atoms with Crippen LogP contribution in [0.3, 0.4) is 0 Å². The van der Waals surface area contributed by atoms with Crippen molar-refractivity contribution >= 4 is 36.0 Å². The van der Waals surface area contributed by atoms with Gasteiger partial charge in [0.05, 0.1) is 12.5 Å². The third-order valence-electron chi connectivity index (χ3n) is 6.47. The van der Waals surface area contributed by atoms with Crippen LogP contribution in [0.1, 0.15) is 58.3 Å². The van der Waals surface area contributed by atoms with Gasteiger partial charge >= 0.3 is 36.0 Å². The van der Waals surface area contributed by atoms with Crippen molar-refractivity contribution in [3.63, 3.8) is 0 Å². The van der Waals surface area contributed by atoms with Crippen LogP contribution in [0.4, 0.5) is 4.79 Å². The molecule has 0 heterocycles. The fourth-order valence-electron chi connectivity index (χ4n) is 3.93. The van der Waals surface area contributed by atoms with Crippen molar-refractivity contribution in [2.45, 2.75) is 27.2 Å². The normalized spacial score (nSPS) is 10.6. The van der Waals surface area contributed by atoms with Gasteiger partial charge in [-0.25, -0.2) is 19.2 Å². The number of esters is 5. The predicted octanol–water partition coefficient (Wildman–Crippen LogP) is 4.95. The Morgan fingerprint density at radius 3 is 1.17 bits per heavy atom. The minimum Gasteiger partial charge on any atom is -0.461 e. The Kier molecular flexibility index (Phi) is 12.4. The molecule has 13 nitrogen and oxygen atoms in total. The van der Waals surface area contributed by atoms with Gasteiger partial charge in [-0.05, 0) is 42.8 Å². The van der Waals surface area contributed by atoms with Crippen molar-refractivity contribution < 1.29 is 61.9 Å². The molecule has 0 aliphatic carbocycles. The van der Waals surface area contributed by atoms with Crippen LogP contribution in [0.15, 0.2) is 72.8 Å². The summed E-state index contributed by atoms with van der Waals surface area (Å²) >= 11 is 0. The van der Waals surface area contributed by atoms with Crippen molar-refractivity contribution in [1.29, 1.82) is 0 Å². The van der Waals surface area contributed by atoms with Gasteiger partial charge in [0.25, 0.3) is 0 Å². The van der Waals surface area contributed by atoms with Crippen LogP contribution in [0.25, 0.3) is 0 Å². The number of benzene rings is 3. The number of rotatable bonds is 13. The summed E-state index contributed by atoms with van der Waals surface area (Å²) in [5.41, 5.74) is -1.48. The van der Waals surface area contributed by atoms with Gasteiger partial charge in [-0.1, -0.05) is 43.3 Å². The van der Waals surface area contributed by atoms with Crippen molar-refractivity contribution in [3.8, 4) is 17.2 Å². The second-order valence-corrected chi connectivity index (χ2v) is 9.81. The van der Waals surface area contributed by atoms with Gasteiger partial charge in [-0.15, -0.1) is 0 Å². The highest BCUT2D eigenvalue weighted by atomic mass is 16.7. The lowest BCUT2D eigenvalue weighted by Gasteiger charge is -2.31. The molecular weight excluding hydrogens is 604 g/mol. The molecule has 0 saturated heterocycles. The number of methoxy groups -OCH3 is 1. The Bertz CT molecular complexity index is 1520. The zero-order chi connectivity index (χ0) is 33.7. The molecule has 0 aromatic heterocycles. The van der Waals surface area contributed by atoms with Gasteiger partial charge in [0, 0.05) is 13.8 Å². The van der Waals surface area contributed by atoms with Crippen LogP contribution < -0.4 is 14.2 Å². The van der Waals surface area contributed by atoms with E-state index < -0.39 is 61.2 Å². The quantitative estimate of drug-likeness (QED) is 0.107. The van der Waals surface area contributed by atoms with E-state index in [-0.39, 0.29) is 40.4 Å². The first-order valence-corrected chi connectivity index (χ1v) is 13.9. The molecule has 3 rings (SSSR count). The van der Waals surface area contributed by atoms with Gasteiger partial charge in [0.15, 0.2) is 0 Å². The zero-order valence-corrected chi connectivity index (χ0v) is 25.6. The van der Waals surface area contributed by atoms with E-state index in [9.17, 15) is 28.8 Å². The van der Waals surface area contributed by atoms with E-state index in [0.717, 1.165) is 7.11 Å². The zero-order valence-electron chi connectivity index (χ0n) is 25.6. The summed E-state index contributed by atoms with van der Waals surface area (Å²) in [6, 6.07) is 17.7. The summed E-state index contributed by atoms with van der Waals surface area (Å²) in [6.45, 7) is 2.81. The molecular formula is C33H32O13. The number of hydrogen-bond acceptors (Lipinski definition) is 13. The van der Waals surface area contributed by atoms with E-state index in [1.54, 1.807) is 31.2 Å². The summed E-state index contributed by atoms with van der Waals surface area (Å²) in [5.74, 6) is -4.07. The average molecular weight is 637 g/mol. The summed E-state index contributed by atoms with van der Waals surface area (Å²) < 4.78 is 36.5. The lowest BCUT2D eigenvalue weighted by Crippen LogP contribution is -2.39. The summed E-state index contributed by atoms with van der Waals surface area (Å²) in [5, 5.41) is 0. The first-order chi connectivity index (χ1) is 22.0. The lowest BCUT2D eigenvalue weighted by atomic mass is 9.88. The smallest absolute Gasteiger partial charge is 0.461 e. The first kappa shape index (κ1) is 34.8. The van der Waals surface area contributed by atoms with Crippen molar-refractivity contribution in [2.24, 2.45) is 5.41 Å². The van der Waals surface area contributed by atoms with E-state index in [1.165, 1.54) is 62.4 Å². The molecule has 0 unspecified atom stereocenters. The van der Waals surface area contributed by atoms with Crippen LogP contribution in [-0.4, -0.2) is 62.9 Å². The largest absolute Gasteiger partial charge is 0.513 e. The molecule has 0 bridgehead atoms. The third kappa shape index (κ3) is 9.64. The maximum absolute atomic E-state index is 13.1. The van der Waals surface area contributed by atoms with Crippen LogP contribution in [0.5, 0.6) is 17.2 Å². The van der Waals surface area contributed by atoms with E-state index in [4.69, 9.17) is 28.4 Å². The monoisotopic (exact) mass is 636 g/mol. The fraction of sp³-hybridized carbons (Fsp3) is 0.273. The molecule has 0 aliphatic rings. The average Bonchev–Trinajstić information content (AvgIpc) is 3.04. The number of ether oxygens (including phenoxy) is 7. The standard InChI is InChI=1S/C33H32O13/c1-5-33(18-41-29(36)23-12-6-9-15-26(23)44-21(2)34,19-42-30(37)24-13-7-10-16-27(24)45-22(3)35)20-43-31(38)25-14-8-11-17-28(25)46-32(39)40-4/h6-17H,5,18-20H2,1-4H3. The second kappa shape index (κ2) is 16.4. The third-order valence-corrected chi connectivity index (χ3v) is 6.47. The van der Waals surface area contributed by atoms with Gasteiger partial charge < -0.3 is 33.2 Å². The first-order valence-electron chi connectivity index (χ1n) is 13.9. The van der Waals surface area contributed by atoms with Crippen molar-refractivity contribution in [1.82, 2.24) is 0 Å². The number of carbonyl (C=O) groups is 6. The molecule has 0 amide bonds. The molecule has 0 atom stereocenters. The Labute approximate surface area is 264 Å². The second-order valence-electron chi connectivity index (χ2n) is 9.81. The maximum atomic E-state index is 13.1. The van der Waals surface area contributed by atoms with E-state index in [0.29, 0.717) is 0 Å². The van der Waals surface area contributed by atoms with Crippen LogP contribution in [0, 0.1) is 5.41 Å². The Morgan fingerprint density at radius 1 is 0.543 bits per heavy atom. The van der Waals surface area contributed by atoms with E-state index >= 15 is 0 Å². The maximum Gasteiger partial charge on any atom is 0.513 e. The van der Waals surface area contributed by atoms with Crippen molar-refractivity contribution in [2.75, 3.05) is 26.9 Å². The number of carbonyl (C=O) groups excluding carboxylic acids is 6. The molecule has 46 heavy (non-hydrogen) atoms. The molecule has 0 radical (unpaired) electrons. The summed E-state index contributed by atoms with van der Waals surface area (Å²) in [7, 11) is 1.11. The highest BCUT2D eigenvalue weighted by Crippen LogP contribution is 2.29. The Hall–Kier alpha value is -5.72. The minimum absolute atomic E-state index is 0.0238. The highest BCUT2D eigenvalue weighted by Gasteiger charge is 2.36. The van der Waals surface area contributed by atoms with Crippen LogP contribution >= 0.6 is 0 Å². The number of hydrogen-bond donors (Lipinski definition) is 0. The van der Waals surface area contributed by atoms with Gasteiger partial charge in [0.2, 0.25) is 0 Å². The molecule has 13 heteroatoms. The highest BCUT2D eigenvalue weighted by molar-refractivity contribution is 5.95. The lowest BCUT2D eigenvalue weighted by molar-refractivity contribution is -0.132.